The van der Waals surface area contributed by atoms with Crippen molar-refractivity contribution in [3.05, 3.63) is 17.6 Å². The highest BCUT2D eigenvalue weighted by atomic mass is 15.0. The standard InChI is InChI=1S/C16H25N3/c1-11-7-12(2)9-13(8-11)19-16-14-5-3-4-6-15(14)17-10-18-16/h10-13H,3-9H2,1-2H3,(H,17,18,19). The van der Waals surface area contributed by atoms with Gasteiger partial charge in [-0.05, 0) is 56.8 Å². The van der Waals surface area contributed by atoms with Crippen molar-refractivity contribution in [3.8, 4) is 0 Å². The van der Waals surface area contributed by atoms with E-state index < -0.39 is 0 Å². The van der Waals surface area contributed by atoms with Crippen LogP contribution in [-0.2, 0) is 12.8 Å². The van der Waals surface area contributed by atoms with Crippen LogP contribution in [0.2, 0.25) is 0 Å². The van der Waals surface area contributed by atoms with Crippen LogP contribution >= 0.6 is 0 Å². The number of nitrogens with zero attached hydrogens (tertiary/aromatic N) is 2. The first-order valence-electron chi connectivity index (χ1n) is 7.81. The number of fused-ring (bicyclic) bond motifs is 1. The Hall–Kier alpha value is -1.12. The van der Waals surface area contributed by atoms with Gasteiger partial charge in [0.15, 0.2) is 0 Å². The molecule has 0 amide bonds. The fraction of sp³-hybridized carbons (Fsp3) is 0.750. The molecule has 2 aliphatic rings. The van der Waals surface area contributed by atoms with Gasteiger partial charge in [-0.1, -0.05) is 13.8 Å². The quantitative estimate of drug-likeness (QED) is 0.882. The van der Waals surface area contributed by atoms with Crippen molar-refractivity contribution in [1.29, 1.82) is 0 Å². The predicted molar refractivity (Wildman–Crippen MR) is 78.3 cm³/mol. The molecule has 3 nitrogen and oxygen atoms in total. The van der Waals surface area contributed by atoms with E-state index in [2.05, 4.69) is 29.1 Å². The predicted octanol–water partition coefficient (Wildman–Crippen LogP) is 3.59. The van der Waals surface area contributed by atoms with E-state index in [1.165, 1.54) is 43.4 Å². The van der Waals surface area contributed by atoms with Crippen molar-refractivity contribution in [2.45, 2.75) is 64.8 Å². The zero-order valence-corrected chi connectivity index (χ0v) is 12.2. The van der Waals surface area contributed by atoms with Crippen molar-refractivity contribution >= 4 is 5.82 Å². The highest BCUT2D eigenvalue weighted by Gasteiger charge is 2.25. The summed E-state index contributed by atoms with van der Waals surface area (Å²) in [4.78, 5) is 8.97. The maximum absolute atomic E-state index is 4.51. The monoisotopic (exact) mass is 259 g/mol. The fourth-order valence-corrected chi connectivity index (χ4v) is 3.90. The number of anilines is 1. The molecule has 1 N–H and O–H groups in total. The molecule has 1 aromatic rings. The summed E-state index contributed by atoms with van der Waals surface area (Å²) in [5.41, 5.74) is 2.67. The van der Waals surface area contributed by atoms with E-state index in [-0.39, 0.29) is 0 Å². The number of hydrogen-bond acceptors (Lipinski definition) is 3. The zero-order chi connectivity index (χ0) is 13.2. The first-order chi connectivity index (χ1) is 9.22. The molecule has 1 fully saturated rings. The van der Waals surface area contributed by atoms with E-state index in [0.717, 1.165) is 30.5 Å². The van der Waals surface area contributed by atoms with Gasteiger partial charge in [0.2, 0.25) is 0 Å². The zero-order valence-electron chi connectivity index (χ0n) is 12.2. The molecule has 2 aliphatic carbocycles. The van der Waals surface area contributed by atoms with Crippen molar-refractivity contribution in [1.82, 2.24) is 9.97 Å². The maximum Gasteiger partial charge on any atom is 0.133 e. The van der Waals surface area contributed by atoms with Gasteiger partial charge in [-0.3, -0.25) is 0 Å². The van der Waals surface area contributed by atoms with Crippen LogP contribution in [0.1, 0.15) is 57.2 Å². The molecule has 0 aromatic carbocycles. The molecule has 0 aliphatic heterocycles. The molecule has 0 radical (unpaired) electrons. The van der Waals surface area contributed by atoms with Crippen LogP contribution in [0.4, 0.5) is 5.82 Å². The Labute approximate surface area is 116 Å². The summed E-state index contributed by atoms with van der Waals surface area (Å²) in [5.74, 6) is 2.79. The van der Waals surface area contributed by atoms with E-state index in [0.29, 0.717) is 6.04 Å². The molecular weight excluding hydrogens is 234 g/mol. The van der Waals surface area contributed by atoms with E-state index >= 15 is 0 Å². The molecular formula is C16H25N3. The van der Waals surface area contributed by atoms with Crippen molar-refractivity contribution in [2.24, 2.45) is 11.8 Å². The lowest BCUT2D eigenvalue weighted by Crippen LogP contribution is -2.31. The van der Waals surface area contributed by atoms with Crippen molar-refractivity contribution < 1.29 is 0 Å². The van der Waals surface area contributed by atoms with Gasteiger partial charge in [0, 0.05) is 17.3 Å². The molecule has 2 atom stereocenters. The third kappa shape index (κ3) is 2.90. The number of aryl methyl sites for hydroxylation is 1. The van der Waals surface area contributed by atoms with Crippen LogP contribution < -0.4 is 5.32 Å². The second kappa shape index (κ2) is 5.48. The molecule has 1 aromatic heterocycles. The van der Waals surface area contributed by atoms with Gasteiger partial charge in [-0.15, -0.1) is 0 Å². The van der Waals surface area contributed by atoms with Crippen molar-refractivity contribution in [2.75, 3.05) is 5.32 Å². The minimum absolute atomic E-state index is 0.597. The third-order valence-corrected chi connectivity index (χ3v) is 4.64. The fourth-order valence-electron chi connectivity index (χ4n) is 3.90. The Kier molecular flexibility index (Phi) is 3.72. The topological polar surface area (TPSA) is 37.8 Å². The van der Waals surface area contributed by atoms with Gasteiger partial charge in [0.1, 0.15) is 12.1 Å². The highest BCUT2D eigenvalue weighted by Crippen LogP contribution is 2.32. The SMILES string of the molecule is CC1CC(C)CC(Nc2ncnc3c2CCCC3)C1. The number of aromatic nitrogens is 2. The van der Waals surface area contributed by atoms with Crippen LogP contribution in [-0.4, -0.2) is 16.0 Å². The Morgan fingerprint density at radius 1 is 1.00 bits per heavy atom. The van der Waals surface area contributed by atoms with E-state index in [1.807, 2.05) is 0 Å². The Balaban J connectivity index is 1.76. The second-order valence-electron chi connectivity index (χ2n) is 6.61. The van der Waals surface area contributed by atoms with E-state index in [9.17, 15) is 0 Å². The lowest BCUT2D eigenvalue weighted by atomic mass is 9.80. The van der Waals surface area contributed by atoms with E-state index in [1.54, 1.807) is 6.33 Å². The summed E-state index contributed by atoms with van der Waals surface area (Å²) in [5, 5.41) is 3.72. The molecule has 1 heterocycles. The molecule has 0 saturated heterocycles. The largest absolute Gasteiger partial charge is 0.367 e. The molecule has 3 rings (SSSR count). The van der Waals surface area contributed by atoms with Crippen LogP contribution in [0.5, 0.6) is 0 Å². The van der Waals surface area contributed by atoms with Crippen LogP contribution in [0.25, 0.3) is 0 Å². The molecule has 2 unspecified atom stereocenters. The summed E-state index contributed by atoms with van der Waals surface area (Å²) < 4.78 is 0. The van der Waals surface area contributed by atoms with E-state index in [4.69, 9.17) is 0 Å². The van der Waals surface area contributed by atoms with Crippen LogP contribution in [0.3, 0.4) is 0 Å². The second-order valence-corrected chi connectivity index (χ2v) is 6.61. The minimum Gasteiger partial charge on any atom is -0.367 e. The summed E-state index contributed by atoms with van der Waals surface area (Å²) >= 11 is 0. The number of nitrogens with one attached hydrogen (secondary N) is 1. The summed E-state index contributed by atoms with van der Waals surface area (Å²) in [6, 6.07) is 0.597. The average Bonchev–Trinajstić information content (AvgIpc) is 2.38. The van der Waals surface area contributed by atoms with Gasteiger partial charge < -0.3 is 5.32 Å². The maximum atomic E-state index is 4.51. The molecule has 19 heavy (non-hydrogen) atoms. The summed E-state index contributed by atoms with van der Waals surface area (Å²) in [7, 11) is 0. The molecule has 0 bridgehead atoms. The minimum atomic E-state index is 0.597. The molecule has 0 spiro atoms. The summed E-state index contributed by atoms with van der Waals surface area (Å²) in [6.45, 7) is 4.75. The van der Waals surface area contributed by atoms with Crippen molar-refractivity contribution in [3.63, 3.8) is 0 Å². The molecule has 104 valence electrons. The normalized spacial score (nSPS) is 30.7. The van der Waals surface area contributed by atoms with Gasteiger partial charge in [-0.25, -0.2) is 9.97 Å². The lowest BCUT2D eigenvalue weighted by Gasteiger charge is -2.33. The summed E-state index contributed by atoms with van der Waals surface area (Å²) in [6.07, 6.45) is 10.5. The molecule has 3 heteroatoms. The Morgan fingerprint density at radius 3 is 2.53 bits per heavy atom. The first-order valence-corrected chi connectivity index (χ1v) is 7.81. The smallest absolute Gasteiger partial charge is 0.133 e. The Bertz CT molecular complexity index is 434. The first kappa shape index (κ1) is 12.9. The lowest BCUT2D eigenvalue weighted by molar-refractivity contribution is 0.280. The third-order valence-electron chi connectivity index (χ3n) is 4.64. The highest BCUT2D eigenvalue weighted by molar-refractivity contribution is 5.47. The van der Waals surface area contributed by atoms with Gasteiger partial charge >= 0.3 is 0 Å². The number of hydrogen-bond donors (Lipinski definition) is 1. The Morgan fingerprint density at radius 2 is 1.74 bits per heavy atom. The molecule has 1 saturated carbocycles. The van der Waals surface area contributed by atoms with Crippen LogP contribution in [0, 0.1) is 11.8 Å². The van der Waals surface area contributed by atoms with Gasteiger partial charge in [0.05, 0.1) is 0 Å². The average molecular weight is 259 g/mol. The number of rotatable bonds is 2. The van der Waals surface area contributed by atoms with Crippen LogP contribution in [0.15, 0.2) is 6.33 Å². The van der Waals surface area contributed by atoms with Gasteiger partial charge in [-0.2, -0.15) is 0 Å². The van der Waals surface area contributed by atoms with Gasteiger partial charge in [0.25, 0.3) is 0 Å².